The Morgan fingerprint density at radius 3 is 2.44 bits per heavy atom. The summed E-state index contributed by atoms with van der Waals surface area (Å²) in [6.45, 7) is 17.8. The molecule has 1 saturated heterocycles. The Bertz CT molecular complexity index is 2400. The number of hydrogen-bond donors (Lipinski definition) is 2. The number of nitrogens with zero attached hydrogens (tertiary/aromatic N) is 6. The number of carbonyl (C=O) groups is 5. The molecule has 1 aliphatic carbocycles. The zero-order chi connectivity index (χ0) is 41.8. The van der Waals surface area contributed by atoms with E-state index in [9.17, 15) is 24.0 Å². The number of aryl methyl sites for hydroxylation is 1. The highest BCUT2D eigenvalue weighted by Crippen LogP contribution is 2.55. The third-order valence-electron chi connectivity index (χ3n) is 11.8. The minimum Gasteiger partial charge on any atom is -0.494 e. The minimum absolute atomic E-state index is 0.0622. The Morgan fingerprint density at radius 2 is 1.75 bits per heavy atom. The third kappa shape index (κ3) is 7.26. The molecule has 1 saturated carbocycles. The first-order valence-corrected chi connectivity index (χ1v) is 19.9. The second kappa shape index (κ2) is 15.2. The van der Waals surface area contributed by atoms with Gasteiger partial charge in [0.1, 0.15) is 29.5 Å². The van der Waals surface area contributed by atoms with Gasteiger partial charge in [-0.3, -0.25) is 38.9 Å². The van der Waals surface area contributed by atoms with Gasteiger partial charge in [-0.2, -0.15) is 5.10 Å². The smallest absolute Gasteiger partial charge is 0.262 e. The van der Waals surface area contributed by atoms with Crippen LogP contribution in [0.4, 0.5) is 11.5 Å². The highest BCUT2D eigenvalue weighted by Gasteiger charge is 2.64. The number of aromatic nitrogens is 3. The van der Waals surface area contributed by atoms with Gasteiger partial charge >= 0.3 is 0 Å². The average Bonchev–Trinajstić information content (AvgIpc) is 3.85. The SMILES string of the molecule is [C-]#[N+]c1ccc(OC2C(C)(C)C(NC(=O)c3ccc(N4Cc5cn(CCCCOc6ccc7c(c6)C(=O)N(C6CCC(=O)NC6=O)C7=O)nc5C4)nc3)C2(C)C)cc1Cl. The Balaban J connectivity index is 0.784. The van der Waals surface area contributed by atoms with E-state index in [1.165, 1.54) is 12.1 Å². The van der Waals surface area contributed by atoms with Crippen LogP contribution >= 0.6 is 11.6 Å². The van der Waals surface area contributed by atoms with E-state index in [0.29, 0.717) is 54.0 Å². The van der Waals surface area contributed by atoms with Crippen LogP contribution in [0.2, 0.25) is 5.02 Å². The number of carbonyl (C=O) groups excluding carboxylic acids is 5. The van der Waals surface area contributed by atoms with E-state index < -0.39 is 29.7 Å². The molecule has 4 aromatic rings. The van der Waals surface area contributed by atoms with Crippen LogP contribution in [-0.2, 0) is 29.2 Å². The molecular weight excluding hydrogens is 776 g/mol. The monoisotopic (exact) mass is 818 g/mol. The van der Waals surface area contributed by atoms with Gasteiger partial charge in [0.25, 0.3) is 17.7 Å². The molecule has 3 aliphatic heterocycles. The van der Waals surface area contributed by atoms with Crippen LogP contribution < -0.4 is 25.0 Å². The number of piperidine rings is 1. The average molecular weight is 819 g/mol. The van der Waals surface area contributed by atoms with Gasteiger partial charge in [0, 0.05) is 54.3 Å². The largest absolute Gasteiger partial charge is 0.494 e. The predicted molar refractivity (Wildman–Crippen MR) is 215 cm³/mol. The Labute approximate surface area is 345 Å². The summed E-state index contributed by atoms with van der Waals surface area (Å²) in [6, 6.07) is 12.2. The van der Waals surface area contributed by atoms with Gasteiger partial charge in [-0.15, -0.1) is 0 Å². The molecule has 2 fully saturated rings. The molecule has 16 heteroatoms. The summed E-state index contributed by atoms with van der Waals surface area (Å²) >= 11 is 6.24. The lowest BCUT2D eigenvalue weighted by Crippen LogP contribution is -2.74. The van der Waals surface area contributed by atoms with Crippen LogP contribution in [0, 0.1) is 17.4 Å². The topological polar surface area (TPSA) is 169 Å². The first-order chi connectivity index (χ1) is 28.1. The molecule has 1 atom stereocenters. The fourth-order valence-corrected chi connectivity index (χ4v) is 9.31. The van der Waals surface area contributed by atoms with Gasteiger partial charge in [0.05, 0.1) is 47.1 Å². The van der Waals surface area contributed by atoms with E-state index in [0.717, 1.165) is 34.8 Å². The van der Waals surface area contributed by atoms with Gasteiger partial charge in [0.2, 0.25) is 17.5 Å². The highest BCUT2D eigenvalue weighted by atomic mass is 35.5. The standard InChI is InChI=1S/C43H43ClN8O7/c1-42(2)40(43(3,4)41(42)59-27-10-12-31(45-5)30(44)19-27)48-36(54)24-8-14-34(46-20-24)50-21-25-22-51(49-32(25)23-50)16-6-7-17-58-26-9-11-28-29(18-26)39(57)52(38(28)56)33-13-15-35(53)47-37(33)55/h8-12,14,18-20,22,33,40-41H,6-7,13,15-17,21,23H2,1-4H3,(H,48,54)(H,47,53,55). The van der Waals surface area contributed by atoms with Crippen molar-refractivity contribution in [3.8, 4) is 11.5 Å². The fraction of sp³-hybridized carbons (Fsp3) is 0.395. The lowest BCUT2D eigenvalue weighted by atomic mass is 9.49. The molecule has 4 aliphatic rings. The van der Waals surface area contributed by atoms with Gasteiger partial charge in [-0.05, 0) is 61.7 Å². The molecule has 2 N–H and O–H groups in total. The van der Waals surface area contributed by atoms with Crippen LogP contribution in [0.5, 0.6) is 11.5 Å². The van der Waals surface area contributed by atoms with Crippen LogP contribution in [-0.4, -0.2) is 74.0 Å². The predicted octanol–water partition coefficient (Wildman–Crippen LogP) is 5.87. The highest BCUT2D eigenvalue weighted by molar-refractivity contribution is 6.33. The van der Waals surface area contributed by atoms with Crippen molar-refractivity contribution in [1.82, 2.24) is 30.3 Å². The number of amides is 5. The third-order valence-corrected chi connectivity index (χ3v) is 12.1. The van der Waals surface area contributed by atoms with Gasteiger partial charge in [-0.1, -0.05) is 45.4 Å². The second-order valence-corrected chi connectivity index (χ2v) is 17.0. The number of unbranched alkanes of at least 4 members (excludes halogenated alkanes) is 1. The number of benzene rings is 2. The zero-order valence-electron chi connectivity index (χ0n) is 33.1. The molecular formula is C43H43ClN8O7. The van der Waals surface area contributed by atoms with Crippen molar-refractivity contribution in [2.24, 2.45) is 10.8 Å². The van der Waals surface area contributed by atoms with Crippen molar-refractivity contribution < 1.29 is 33.4 Å². The molecule has 2 aromatic heterocycles. The molecule has 304 valence electrons. The maximum absolute atomic E-state index is 13.4. The maximum Gasteiger partial charge on any atom is 0.262 e. The number of fused-ring (bicyclic) bond motifs is 2. The molecule has 8 rings (SSSR count). The van der Waals surface area contributed by atoms with Crippen molar-refractivity contribution in [3.63, 3.8) is 0 Å². The molecule has 1 unspecified atom stereocenters. The molecule has 2 aromatic carbocycles. The summed E-state index contributed by atoms with van der Waals surface area (Å²) in [7, 11) is 0. The molecule has 0 radical (unpaired) electrons. The normalized spacial score (nSPS) is 21.3. The van der Waals surface area contributed by atoms with E-state index in [4.69, 9.17) is 32.7 Å². The molecule has 0 spiro atoms. The number of hydrogen-bond acceptors (Lipinski definition) is 10. The van der Waals surface area contributed by atoms with Gasteiger partial charge in [-0.25, -0.2) is 9.83 Å². The van der Waals surface area contributed by atoms with Crippen molar-refractivity contribution in [2.75, 3.05) is 11.5 Å². The van der Waals surface area contributed by atoms with E-state index in [1.54, 1.807) is 36.5 Å². The number of imide groups is 2. The first kappa shape index (κ1) is 39.6. The second-order valence-electron chi connectivity index (χ2n) is 16.6. The van der Waals surface area contributed by atoms with E-state index >= 15 is 0 Å². The van der Waals surface area contributed by atoms with Crippen molar-refractivity contribution >= 4 is 52.6 Å². The Morgan fingerprint density at radius 1 is 0.983 bits per heavy atom. The van der Waals surface area contributed by atoms with Crippen LogP contribution in [0.15, 0.2) is 60.9 Å². The van der Waals surface area contributed by atoms with Crippen LogP contribution in [0.1, 0.15) is 95.7 Å². The summed E-state index contributed by atoms with van der Waals surface area (Å²) < 4.78 is 14.2. The number of anilines is 1. The molecule has 15 nitrogen and oxygen atoms in total. The lowest BCUT2D eigenvalue weighted by Gasteiger charge is -2.63. The van der Waals surface area contributed by atoms with E-state index in [1.807, 2.05) is 16.9 Å². The molecule has 5 amide bonds. The molecule has 59 heavy (non-hydrogen) atoms. The lowest BCUT2D eigenvalue weighted by molar-refractivity contribution is -0.164. The summed E-state index contributed by atoms with van der Waals surface area (Å²) in [6.07, 6.45) is 5.14. The first-order valence-electron chi connectivity index (χ1n) is 19.5. The van der Waals surface area contributed by atoms with E-state index in [2.05, 4.69) is 53.1 Å². The summed E-state index contributed by atoms with van der Waals surface area (Å²) in [5, 5.41) is 10.6. The van der Waals surface area contributed by atoms with Crippen LogP contribution in [0.3, 0.4) is 0 Å². The molecule has 5 heterocycles. The van der Waals surface area contributed by atoms with Gasteiger partial charge < -0.3 is 19.7 Å². The Hall–Kier alpha value is -6.27. The van der Waals surface area contributed by atoms with E-state index in [-0.39, 0.29) is 52.9 Å². The zero-order valence-corrected chi connectivity index (χ0v) is 33.8. The number of nitrogens with one attached hydrogen (secondary N) is 2. The maximum atomic E-state index is 13.4. The number of pyridine rings is 1. The quantitative estimate of drug-likeness (QED) is 0.100. The fourth-order valence-electron chi connectivity index (χ4n) is 9.10. The summed E-state index contributed by atoms with van der Waals surface area (Å²) in [5.41, 5.74) is 2.55. The van der Waals surface area contributed by atoms with Crippen molar-refractivity contribution in [2.45, 2.75) is 91.2 Å². The van der Waals surface area contributed by atoms with Crippen molar-refractivity contribution in [1.29, 1.82) is 0 Å². The summed E-state index contributed by atoms with van der Waals surface area (Å²) in [4.78, 5) is 74.5. The summed E-state index contributed by atoms with van der Waals surface area (Å²) in [5.74, 6) is -0.603. The number of halogens is 1. The minimum atomic E-state index is -1.01. The van der Waals surface area contributed by atoms with Gasteiger partial charge in [0.15, 0.2) is 0 Å². The van der Waals surface area contributed by atoms with Crippen molar-refractivity contribution in [3.05, 3.63) is 105 Å². The Kier molecular flexibility index (Phi) is 10.2. The number of rotatable bonds is 12. The molecule has 0 bridgehead atoms. The number of ether oxygens (including phenoxy) is 2. The van der Waals surface area contributed by atoms with Crippen LogP contribution in [0.25, 0.3) is 4.85 Å².